The molecule has 2 saturated heterocycles. The molecule has 7 heteroatoms. The van der Waals surface area contributed by atoms with E-state index in [2.05, 4.69) is 18.3 Å². The molecule has 3 aliphatic carbocycles. The summed E-state index contributed by atoms with van der Waals surface area (Å²) in [6.07, 6.45) is 7.26. The number of hydrogen-bond acceptors (Lipinski definition) is 5. The molecule has 1 aromatic rings. The van der Waals surface area contributed by atoms with E-state index in [1.807, 2.05) is 6.92 Å². The molecule has 2 aliphatic heterocycles. The molecule has 2 saturated carbocycles. The van der Waals surface area contributed by atoms with Gasteiger partial charge in [-0.3, -0.25) is 9.59 Å². The average Bonchev–Trinajstić information content (AvgIpc) is 3.06. The Morgan fingerprint density at radius 2 is 2.06 bits per heavy atom. The predicted molar refractivity (Wildman–Crippen MR) is 112 cm³/mol. The number of nitrogens with one attached hydrogen (secondary N) is 1. The molecule has 1 aromatic carbocycles. The fourth-order valence-electron chi connectivity index (χ4n) is 7.00. The van der Waals surface area contributed by atoms with Crippen molar-refractivity contribution in [1.29, 1.82) is 0 Å². The van der Waals surface area contributed by atoms with Crippen LogP contribution in [0.1, 0.15) is 56.3 Å². The highest BCUT2D eigenvalue weighted by atomic mass is 16.5. The number of anilines is 1. The second-order valence-electron chi connectivity index (χ2n) is 10.2. The molecule has 4 bridgehead atoms. The fourth-order valence-corrected chi connectivity index (χ4v) is 7.00. The van der Waals surface area contributed by atoms with E-state index >= 15 is 0 Å². The lowest BCUT2D eigenvalue weighted by Gasteiger charge is -2.55. The van der Waals surface area contributed by atoms with Crippen LogP contribution in [0.2, 0.25) is 0 Å². The van der Waals surface area contributed by atoms with Crippen molar-refractivity contribution in [2.75, 3.05) is 5.32 Å². The number of benzene rings is 1. The van der Waals surface area contributed by atoms with Crippen molar-refractivity contribution in [3.8, 4) is 5.75 Å². The number of rotatable bonds is 5. The minimum atomic E-state index is -1.15. The van der Waals surface area contributed by atoms with E-state index in [-0.39, 0.29) is 58.1 Å². The van der Waals surface area contributed by atoms with Crippen molar-refractivity contribution in [2.45, 2.75) is 57.7 Å². The van der Waals surface area contributed by atoms with Gasteiger partial charge in [-0.1, -0.05) is 13.0 Å². The number of allylic oxidation sites excluding steroid dienone is 2. The van der Waals surface area contributed by atoms with Crippen molar-refractivity contribution in [3.05, 3.63) is 35.9 Å². The zero-order valence-electron chi connectivity index (χ0n) is 17.7. The Labute approximate surface area is 180 Å². The van der Waals surface area contributed by atoms with Gasteiger partial charge >= 0.3 is 5.97 Å². The number of phenolic OH excluding ortho intramolecular Hbond substituents is 1. The lowest BCUT2D eigenvalue weighted by Crippen LogP contribution is -2.56. The van der Waals surface area contributed by atoms with E-state index in [1.54, 1.807) is 6.08 Å². The summed E-state index contributed by atoms with van der Waals surface area (Å²) in [7, 11) is 0. The summed E-state index contributed by atoms with van der Waals surface area (Å²) < 4.78 is 6.43. The lowest BCUT2D eigenvalue weighted by molar-refractivity contribution is -0.169. The molecule has 2 heterocycles. The molecule has 7 nitrogen and oxygen atoms in total. The number of carbonyl (C=O) groups is 3. The summed E-state index contributed by atoms with van der Waals surface area (Å²) >= 11 is 0. The molecule has 6 rings (SSSR count). The number of hydrogen-bond donors (Lipinski definition) is 3. The smallest absolute Gasteiger partial charge is 0.335 e. The second-order valence-corrected chi connectivity index (χ2v) is 10.2. The number of aromatic carboxylic acids is 1. The Bertz CT molecular complexity index is 1030. The van der Waals surface area contributed by atoms with Crippen molar-refractivity contribution in [1.82, 2.24) is 0 Å². The van der Waals surface area contributed by atoms with E-state index in [4.69, 9.17) is 9.84 Å². The zero-order chi connectivity index (χ0) is 22.2. The number of carboxylic acids is 1. The number of phenols is 1. The third-order valence-corrected chi connectivity index (χ3v) is 8.30. The average molecular weight is 425 g/mol. The summed E-state index contributed by atoms with van der Waals surface area (Å²) in [5, 5.41) is 21.7. The van der Waals surface area contributed by atoms with Crippen LogP contribution in [0.4, 0.5) is 5.69 Å². The number of ether oxygens (including phenoxy) is 1. The second kappa shape index (κ2) is 6.42. The van der Waals surface area contributed by atoms with Crippen LogP contribution in [0.5, 0.6) is 5.75 Å². The number of carbonyl (C=O) groups excluding carboxylic acids is 2. The first-order valence-electron chi connectivity index (χ1n) is 10.8. The molecule has 164 valence electrons. The van der Waals surface area contributed by atoms with Gasteiger partial charge < -0.3 is 20.3 Å². The maximum Gasteiger partial charge on any atom is 0.335 e. The maximum atomic E-state index is 13.1. The van der Waals surface area contributed by atoms with Crippen LogP contribution in [0.25, 0.3) is 0 Å². The van der Waals surface area contributed by atoms with Crippen LogP contribution in [-0.4, -0.2) is 39.6 Å². The summed E-state index contributed by atoms with van der Waals surface area (Å²) in [4.78, 5) is 36.9. The molecular weight excluding hydrogens is 398 g/mol. The van der Waals surface area contributed by atoms with Crippen molar-refractivity contribution < 1.29 is 29.3 Å². The van der Waals surface area contributed by atoms with Crippen LogP contribution in [0, 0.1) is 22.7 Å². The third-order valence-electron chi connectivity index (χ3n) is 8.30. The van der Waals surface area contributed by atoms with E-state index < -0.39 is 11.4 Å². The molecule has 5 aliphatic rings. The van der Waals surface area contributed by atoms with Crippen molar-refractivity contribution in [2.24, 2.45) is 22.7 Å². The van der Waals surface area contributed by atoms with E-state index in [9.17, 15) is 19.5 Å². The first-order chi connectivity index (χ1) is 14.6. The molecule has 1 spiro atoms. The molecule has 0 aromatic heterocycles. The standard InChI is InChI=1S/C24H27NO6/c1-22(7-6-19(28)25-15-9-13(21(29)30)3-4-16(15)26)18(27)5-8-24-11-14-10-17(20(22)24)31-23(14,2)12-24/h3-5,8-9,14,17,20,26H,6-7,10-12H2,1-2H3,(H,25,28)(H,29,30)/t14-,17+,20+,22-,23+,24+/m1/s1. The first kappa shape index (κ1) is 20.2. The highest BCUT2D eigenvalue weighted by Crippen LogP contribution is 2.71. The lowest BCUT2D eigenvalue weighted by atomic mass is 9.51. The van der Waals surface area contributed by atoms with Crippen LogP contribution in [0.3, 0.4) is 0 Å². The van der Waals surface area contributed by atoms with Gasteiger partial charge in [0.15, 0.2) is 5.78 Å². The summed E-state index contributed by atoms with van der Waals surface area (Å²) in [5.41, 5.74) is -0.809. The van der Waals surface area contributed by atoms with Gasteiger partial charge in [-0.05, 0) is 68.2 Å². The van der Waals surface area contributed by atoms with Crippen LogP contribution < -0.4 is 5.32 Å². The SMILES string of the molecule is C[C@]12C[C@@]34C=CC(=O)[C@@](C)(CCC(=O)Nc5cc(C(=O)O)ccc5O)[C@@H]3[C@H](C[C@@H]1C4)O2. The van der Waals surface area contributed by atoms with E-state index in [1.165, 1.54) is 18.2 Å². The third kappa shape index (κ3) is 2.86. The van der Waals surface area contributed by atoms with Gasteiger partial charge in [0.1, 0.15) is 5.75 Å². The van der Waals surface area contributed by atoms with Crippen molar-refractivity contribution >= 4 is 23.3 Å². The molecule has 31 heavy (non-hydrogen) atoms. The quantitative estimate of drug-likeness (QED) is 0.622. The summed E-state index contributed by atoms with van der Waals surface area (Å²) in [6.45, 7) is 4.15. The zero-order valence-corrected chi connectivity index (χ0v) is 17.7. The van der Waals surface area contributed by atoms with E-state index in [0.717, 1.165) is 19.3 Å². The van der Waals surface area contributed by atoms with Gasteiger partial charge in [0.25, 0.3) is 0 Å². The highest BCUT2D eigenvalue weighted by Gasteiger charge is 2.71. The van der Waals surface area contributed by atoms with Crippen LogP contribution in [0.15, 0.2) is 30.4 Å². The van der Waals surface area contributed by atoms with Gasteiger partial charge in [0, 0.05) is 17.8 Å². The molecule has 3 N–H and O–H groups in total. The van der Waals surface area contributed by atoms with Gasteiger partial charge in [-0.25, -0.2) is 4.79 Å². The van der Waals surface area contributed by atoms with Crippen molar-refractivity contribution in [3.63, 3.8) is 0 Å². The van der Waals surface area contributed by atoms with Crippen LogP contribution >= 0.6 is 0 Å². The Hall–Kier alpha value is -2.67. The van der Waals surface area contributed by atoms with Gasteiger partial charge in [-0.15, -0.1) is 0 Å². The topological polar surface area (TPSA) is 113 Å². The molecule has 0 radical (unpaired) electrons. The molecule has 4 fully saturated rings. The van der Waals surface area contributed by atoms with E-state index in [0.29, 0.717) is 12.3 Å². The van der Waals surface area contributed by atoms with Gasteiger partial charge in [-0.2, -0.15) is 0 Å². The Morgan fingerprint density at radius 1 is 1.29 bits per heavy atom. The number of ketones is 1. The normalized spacial score (nSPS) is 39.5. The summed E-state index contributed by atoms with van der Waals surface area (Å²) in [6, 6.07) is 3.73. The minimum Gasteiger partial charge on any atom is -0.506 e. The fraction of sp³-hybridized carbons (Fsp3) is 0.542. The molecule has 1 amide bonds. The Morgan fingerprint density at radius 3 is 2.77 bits per heavy atom. The van der Waals surface area contributed by atoms with Crippen LogP contribution in [-0.2, 0) is 14.3 Å². The number of carboxylic acid groups (broad SMARTS) is 1. The largest absolute Gasteiger partial charge is 0.506 e. The molecule has 6 atom stereocenters. The Kier molecular flexibility index (Phi) is 4.19. The number of amides is 1. The molecular formula is C24H27NO6. The first-order valence-corrected chi connectivity index (χ1v) is 10.8. The Balaban J connectivity index is 1.34. The maximum absolute atomic E-state index is 13.1. The van der Waals surface area contributed by atoms with Gasteiger partial charge in [0.2, 0.25) is 5.91 Å². The monoisotopic (exact) mass is 425 g/mol. The predicted octanol–water partition coefficient (Wildman–Crippen LogP) is 3.53. The van der Waals surface area contributed by atoms with Gasteiger partial charge in [0.05, 0.1) is 23.0 Å². The summed E-state index contributed by atoms with van der Waals surface area (Å²) in [5.74, 6) is -1.09. The number of aromatic hydroxyl groups is 1. The highest BCUT2D eigenvalue weighted by molar-refractivity contribution is 5.98. The minimum absolute atomic E-state index is 0.0298. The molecule has 0 unspecified atom stereocenters.